The summed E-state index contributed by atoms with van der Waals surface area (Å²) in [6.07, 6.45) is -1.78. The topological polar surface area (TPSA) is 113 Å². The van der Waals surface area contributed by atoms with Crippen molar-refractivity contribution in [2.45, 2.75) is 11.0 Å². The molecule has 18 heavy (non-hydrogen) atoms. The summed E-state index contributed by atoms with van der Waals surface area (Å²) in [5.74, 6) is -0.994. The van der Waals surface area contributed by atoms with Crippen molar-refractivity contribution in [3.05, 3.63) is 24.3 Å². The number of carboxylic acid groups (broad SMARTS) is 1. The molecule has 0 aliphatic heterocycles. The maximum absolute atomic E-state index is 11.7. The summed E-state index contributed by atoms with van der Waals surface area (Å²) in [6, 6.07) is 5.55. The second-order valence-corrected chi connectivity index (χ2v) is 5.15. The number of aliphatic hydroxyl groups is 1. The average molecular weight is 275 g/mol. The zero-order valence-corrected chi connectivity index (χ0v) is 10.3. The Kier molecular flexibility index (Phi) is 4.65. The maximum atomic E-state index is 11.7. The molecule has 0 radical (unpaired) electrons. The Morgan fingerprint density at radius 2 is 1.94 bits per heavy atom. The number of hydrogen-bond acceptors (Lipinski definition) is 5. The van der Waals surface area contributed by atoms with Crippen LogP contribution in [0, 0.1) is 0 Å². The lowest BCUT2D eigenvalue weighted by Crippen LogP contribution is -2.36. The Labute approximate surface area is 104 Å². The van der Waals surface area contributed by atoms with E-state index < -0.39 is 28.6 Å². The number of benzene rings is 1. The molecule has 1 atom stereocenters. The summed E-state index contributed by atoms with van der Waals surface area (Å²) in [6.45, 7) is -0.594. The molecule has 3 N–H and O–H groups in total. The van der Waals surface area contributed by atoms with Gasteiger partial charge < -0.3 is 14.9 Å². The van der Waals surface area contributed by atoms with E-state index in [0.29, 0.717) is 5.75 Å². The number of methoxy groups -OCH3 is 1. The molecule has 0 saturated heterocycles. The number of carbonyl (C=O) groups is 1. The first-order valence-electron chi connectivity index (χ1n) is 4.91. The van der Waals surface area contributed by atoms with Crippen LogP contribution in [0.3, 0.4) is 0 Å². The summed E-state index contributed by atoms with van der Waals surface area (Å²) in [7, 11) is -2.39. The molecule has 0 fully saturated rings. The Morgan fingerprint density at radius 3 is 2.39 bits per heavy atom. The van der Waals surface area contributed by atoms with Crippen molar-refractivity contribution in [2.75, 3.05) is 13.7 Å². The molecule has 0 spiro atoms. The zero-order chi connectivity index (χ0) is 13.8. The van der Waals surface area contributed by atoms with Gasteiger partial charge in [0.2, 0.25) is 10.0 Å². The first-order valence-corrected chi connectivity index (χ1v) is 6.39. The first-order chi connectivity index (χ1) is 8.36. The van der Waals surface area contributed by atoms with E-state index >= 15 is 0 Å². The normalized spacial score (nSPS) is 13.0. The summed E-state index contributed by atoms with van der Waals surface area (Å²) < 4.78 is 30.3. The van der Waals surface area contributed by atoms with E-state index in [1.807, 2.05) is 4.72 Å². The lowest BCUT2D eigenvalue weighted by atomic mass is 10.3. The van der Waals surface area contributed by atoms with Gasteiger partial charge in [-0.25, -0.2) is 17.9 Å². The Bertz CT molecular complexity index is 510. The van der Waals surface area contributed by atoms with Crippen LogP contribution < -0.4 is 9.46 Å². The maximum Gasteiger partial charge on any atom is 0.333 e. The fourth-order valence-electron chi connectivity index (χ4n) is 1.11. The fourth-order valence-corrected chi connectivity index (χ4v) is 2.15. The van der Waals surface area contributed by atoms with Gasteiger partial charge in [0, 0.05) is 6.54 Å². The van der Waals surface area contributed by atoms with E-state index in [-0.39, 0.29) is 4.90 Å². The molecule has 0 bridgehead atoms. The van der Waals surface area contributed by atoms with Gasteiger partial charge in [-0.3, -0.25) is 0 Å². The quantitative estimate of drug-likeness (QED) is 0.640. The summed E-state index contributed by atoms with van der Waals surface area (Å²) >= 11 is 0. The van der Waals surface area contributed by atoms with Crippen molar-refractivity contribution in [1.82, 2.24) is 4.72 Å². The van der Waals surface area contributed by atoms with Crippen LogP contribution >= 0.6 is 0 Å². The third kappa shape index (κ3) is 3.69. The fraction of sp³-hybridized carbons (Fsp3) is 0.300. The van der Waals surface area contributed by atoms with Crippen LogP contribution in [0.2, 0.25) is 0 Å². The lowest BCUT2D eigenvalue weighted by Gasteiger charge is -2.09. The van der Waals surface area contributed by atoms with Gasteiger partial charge in [0.05, 0.1) is 12.0 Å². The highest BCUT2D eigenvalue weighted by Crippen LogP contribution is 2.15. The van der Waals surface area contributed by atoms with Crippen LogP contribution in [0.1, 0.15) is 0 Å². The molecule has 0 aromatic heterocycles. The molecule has 0 saturated carbocycles. The van der Waals surface area contributed by atoms with Crippen molar-refractivity contribution in [1.29, 1.82) is 0 Å². The number of rotatable bonds is 6. The van der Waals surface area contributed by atoms with Gasteiger partial charge in [0.1, 0.15) is 5.75 Å². The van der Waals surface area contributed by atoms with E-state index in [1.54, 1.807) is 0 Å². The number of hydrogen-bond donors (Lipinski definition) is 3. The molecule has 1 aromatic rings. The lowest BCUT2D eigenvalue weighted by molar-refractivity contribution is -0.146. The van der Waals surface area contributed by atoms with Crippen molar-refractivity contribution in [3.8, 4) is 5.75 Å². The van der Waals surface area contributed by atoms with E-state index in [9.17, 15) is 13.2 Å². The second kappa shape index (κ2) is 5.80. The minimum Gasteiger partial charge on any atom is -0.497 e. The van der Waals surface area contributed by atoms with Gasteiger partial charge in [-0.2, -0.15) is 0 Å². The van der Waals surface area contributed by atoms with E-state index in [0.717, 1.165) is 0 Å². The molecular formula is C10H13NO6S. The molecule has 0 heterocycles. The predicted molar refractivity (Wildman–Crippen MR) is 61.8 cm³/mol. The highest BCUT2D eigenvalue weighted by molar-refractivity contribution is 7.89. The van der Waals surface area contributed by atoms with Gasteiger partial charge in [0.15, 0.2) is 6.10 Å². The van der Waals surface area contributed by atoms with Gasteiger partial charge in [-0.1, -0.05) is 0 Å². The monoisotopic (exact) mass is 275 g/mol. The van der Waals surface area contributed by atoms with E-state index in [4.69, 9.17) is 14.9 Å². The Balaban J connectivity index is 2.76. The summed E-state index contributed by atoms with van der Waals surface area (Å²) in [4.78, 5) is 10.3. The molecule has 0 unspecified atom stereocenters. The van der Waals surface area contributed by atoms with Gasteiger partial charge in [-0.05, 0) is 24.3 Å². The molecule has 1 rings (SSSR count). The molecule has 0 aliphatic carbocycles. The van der Waals surface area contributed by atoms with E-state index in [1.165, 1.54) is 31.4 Å². The summed E-state index contributed by atoms with van der Waals surface area (Å²) in [5, 5.41) is 17.4. The largest absolute Gasteiger partial charge is 0.497 e. The molecular weight excluding hydrogens is 262 g/mol. The highest BCUT2D eigenvalue weighted by Gasteiger charge is 2.19. The van der Waals surface area contributed by atoms with Crippen molar-refractivity contribution < 1.29 is 28.2 Å². The number of carboxylic acids is 1. The number of aliphatic hydroxyl groups excluding tert-OH is 1. The van der Waals surface area contributed by atoms with Crippen molar-refractivity contribution in [3.63, 3.8) is 0 Å². The molecule has 100 valence electrons. The second-order valence-electron chi connectivity index (χ2n) is 3.38. The van der Waals surface area contributed by atoms with Crippen molar-refractivity contribution >= 4 is 16.0 Å². The van der Waals surface area contributed by atoms with E-state index in [2.05, 4.69) is 0 Å². The third-order valence-electron chi connectivity index (χ3n) is 2.12. The van der Waals surface area contributed by atoms with Crippen LogP contribution in [0.4, 0.5) is 0 Å². The summed E-state index contributed by atoms with van der Waals surface area (Å²) in [5.41, 5.74) is 0. The van der Waals surface area contributed by atoms with Crippen LogP contribution in [-0.2, 0) is 14.8 Å². The minimum atomic E-state index is -3.84. The van der Waals surface area contributed by atoms with Gasteiger partial charge >= 0.3 is 5.97 Å². The molecule has 8 heteroatoms. The SMILES string of the molecule is COc1ccc(S(=O)(=O)NC[C@H](O)C(=O)O)cc1. The minimum absolute atomic E-state index is 0.0408. The number of ether oxygens (including phenoxy) is 1. The van der Waals surface area contributed by atoms with Crippen LogP contribution in [0.5, 0.6) is 5.75 Å². The number of sulfonamides is 1. The average Bonchev–Trinajstić information content (AvgIpc) is 2.36. The predicted octanol–water partition coefficient (Wildman–Crippen LogP) is -0.581. The first kappa shape index (κ1) is 14.4. The number of nitrogens with one attached hydrogen (secondary N) is 1. The Hall–Kier alpha value is -1.64. The van der Waals surface area contributed by atoms with Crippen LogP contribution in [-0.4, -0.2) is 44.4 Å². The third-order valence-corrected chi connectivity index (χ3v) is 3.56. The standard InChI is InChI=1S/C10H13NO6S/c1-17-7-2-4-8(5-3-7)18(15,16)11-6-9(12)10(13)14/h2-5,9,11-12H,6H2,1H3,(H,13,14)/t9-/m0/s1. The van der Waals surface area contributed by atoms with Crippen LogP contribution in [0.25, 0.3) is 0 Å². The zero-order valence-electron chi connectivity index (χ0n) is 9.53. The Morgan fingerprint density at radius 1 is 1.39 bits per heavy atom. The van der Waals surface area contributed by atoms with Crippen molar-refractivity contribution in [2.24, 2.45) is 0 Å². The van der Waals surface area contributed by atoms with Gasteiger partial charge in [0.25, 0.3) is 0 Å². The smallest absolute Gasteiger partial charge is 0.333 e. The molecule has 1 aromatic carbocycles. The van der Waals surface area contributed by atoms with Gasteiger partial charge in [-0.15, -0.1) is 0 Å². The molecule has 7 nitrogen and oxygen atoms in total. The molecule has 0 amide bonds. The van der Waals surface area contributed by atoms with Crippen LogP contribution in [0.15, 0.2) is 29.2 Å². The highest BCUT2D eigenvalue weighted by atomic mass is 32.2. The molecule has 0 aliphatic rings. The number of aliphatic carboxylic acids is 1.